The Morgan fingerprint density at radius 2 is 1.73 bits per heavy atom. The molecule has 0 saturated carbocycles. The van der Waals surface area contributed by atoms with E-state index in [0.29, 0.717) is 30.0 Å². The monoisotopic (exact) mass is 465 g/mol. The highest BCUT2D eigenvalue weighted by Gasteiger charge is 2.43. The first-order chi connectivity index (χ1) is 14.3. The van der Waals surface area contributed by atoms with Crippen molar-refractivity contribution in [3.05, 3.63) is 71.1 Å². The molecular formula is C22H24ClNO4S2. The number of aliphatic hydroxyl groups excluding tert-OH is 1. The summed E-state index contributed by atoms with van der Waals surface area (Å²) in [5, 5.41) is 11.1. The van der Waals surface area contributed by atoms with Gasteiger partial charge >= 0.3 is 0 Å². The molecular weight excluding hydrogens is 442 g/mol. The van der Waals surface area contributed by atoms with Gasteiger partial charge in [-0.2, -0.15) is 0 Å². The molecule has 1 aliphatic rings. The van der Waals surface area contributed by atoms with Crippen LogP contribution in [0, 0.1) is 6.92 Å². The van der Waals surface area contributed by atoms with Crippen molar-refractivity contribution in [1.82, 2.24) is 4.31 Å². The van der Waals surface area contributed by atoms with E-state index in [2.05, 4.69) is 0 Å². The Morgan fingerprint density at radius 1 is 1.07 bits per heavy atom. The zero-order chi connectivity index (χ0) is 21.7. The Hall–Kier alpha value is -1.80. The van der Waals surface area contributed by atoms with E-state index in [1.165, 1.54) is 30.0 Å². The first-order valence-corrected chi connectivity index (χ1v) is 12.5. The Kier molecular flexibility index (Phi) is 7.63. The van der Waals surface area contributed by atoms with E-state index >= 15 is 0 Å². The number of aryl methyl sites for hydroxylation is 1. The minimum absolute atomic E-state index is 0.0311. The average Bonchev–Trinajstić information content (AvgIpc) is 2.72. The van der Waals surface area contributed by atoms with Gasteiger partial charge in [-0.1, -0.05) is 54.1 Å². The number of carbonyl (C=O) groups excluding carboxylic acids is 1. The molecule has 0 unspecified atom stereocenters. The predicted molar refractivity (Wildman–Crippen MR) is 120 cm³/mol. The van der Waals surface area contributed by atoms with Crippen LogP contribution < -0.4 is 0 Å². The Bertz CT molecular complexity index is 1010. The smallest absolute Gasteiger partial charge is 0.267 e. The number of benzene rings is 2. The summed E-state index contributed by atoms with van der Waals surface area (Å²) >= 11 is 7.05. The summed E-state index contributed by atoms with van der Waals surface area (Å²) in [5.41, 5.74) is 0.916. The molecule has 0 aromatic heterocycles. The second-order valence-corrected chi connectivity index (χ2v) is 10.5. The van der Waals surface area contributed by atoms with E-state index < -0.39 is 28.1 Å². The van der Waals surface area contributed by atoms with Crippen LogP contribution in [0.2, 0.25) is 0 Å². The van der Waals surface area contributed by atoms with Crippen molar-refractivity contribution in [2.24, 2.45) is 0 Å². The molecule has 0 fully saturated rings. The molecule has 0 saturated heterocycles. The fourth-order valence-corrected chi connectivity index (χ4v) is 6.08. The Labute approximate surface area is 186 Å². The van der Waals surface area contributed by atoms with Crippen molar-refractivity contribution < 1.29 is 18.3 Å². The van der Waals surface area contributed by atoms with Crippen molar-refractivity contribution >= 4 is 39.3 Å². The van der Waals surface area contributed by atoms with Crippen LogP contribution in [0.1, 0.15) is 24.8 Å². The fourth-order valence-electron chi connectivity index (χ4n) is 3.31. The number of nitrogens with zero attached hydrogens (tertiary/aromatic N) is 1. The molecule has 0 aliphatic carbocycles. The lowest BCUT2D eigenvalue weighted by atomic mass is 10.0. The van der Waals surface area contributed by atoms with E-state index in [0.717, 1.165) is 14.8 Å². The SMILES string of the molecule is Cc1ccc(S(=O)(=O)N2C(=O)C=C(Sc3ccccc3)[C@H](O)[C@H]2CCCCCl)cc1. The normalized spacial score (nSPS) is 19.6. The van der Waals surface area contributed by atoms with Crippen LogP contribution in [0.5, 0.6) is 0 Å². The van der Waals surface area contributed by atoms with Gasteiger partial charge in [0.15, 0.2) is 0 Å². The molecule has 0 radical (unpaired) electrons. The van der Waals surface area contributed by atoms with Crippen LogP contribution in [0.4, 0.5) is 0 Å². The molecule has 30 heavy (non-hydrogen) atoms. The van der Waals surface area contributed by atoms with Gasteiger partial charge in [-0.05, 0) is 44.0 Å². The molecule has 0 spiro atoms. The summed E-state index contributed by atoms with van der Waals surface area (Å²) in [6.07, 6.45) is 1.72. The Morgan fingerprint density at radius 3 is 2.37 bits per heavy atom. The first kappa shape index (κ1) is 22.9. The second kappa shape index (κ2) is 10.0. The number of rotatable bonds is 8. The summed E-state index contributed by atoms with van der Waals surface area (Å²) in [5.74, 6) is -0.210. The third-order valence-corrected chi connectivity index (χ3v) is 8.09. The average molecular weight is 466 g/mol. The van der Waals surface area contributed by atoms with E-state index in [9.17, 15) is 18.3 Å². The van der Waals surface area contributed by atoms with E-state index in [4.69, 9.17) is 11.6 Å². The number of carbonyl (C=O) groups is 1. The Balaban J connectivity index is 1.97. The minimum atomic E-state index is -4.11. The predicted octanol–water partition coefficient (Wildman–Crippen LogP) is 4.34. The molecule has 8 heteroatoms. The van der Waals surface area contributed by atoms with Crippen molar-refractivity contribution in [3.8, 4) is 0 Å². The number of unbranched alkanes of at least 4 members (excludes halogenated alkanes) is 1. The molecule has 1 aliphatic heterocycles. The quantitative estimate of drug-likeness (QED) is 0.463. The molecule has 2 aromatic carbocycles. The topological polar surface area (TPSA) is 74.7 Å². The van der Waals surface area contributed by atoms with Gasteiger partial charge in [-0.25, -0.2) is 12.7 Å². The summed E-state index contributed by atoms with van der Waals surface area (Å²) in [6, 6.07) is 14.8. The lowest BCUT2D eigenvalue weighted by Crippen LogP contribution is -2.52. The maximum Gasteiger partial charge on any atom is 0.267 e. The summed E-state index contributed by atoms with van der Waals surface area (Å²) < 4.78 is 27.4. The molecule has 2 aromatic rings. The molecule has 0 bridgehead atoms. The van der Waals surface area contributed by atoms with Crippen molar-refractivity contribution in [3.63, 3.8) is 0 Å². The van der Waals surface area contributed by atoms with E-state index in [-0.39, 0.29) is 4.90 Å². The number of thioether (sulfide) groups is 1. The molecule has 3 rings (SSSR count). The maximum absolute atomic E-state index is 13.3. The number of aliphatic hydroxyl groups is 1. The summed E-state index contributed by atoms with van der Waals surface area (Å²) in [7, 11) is -4.11. The molecule has 1 heterocycles. The van der Waals surface area contributed by atoms with Gasteiger partial charge in [0, 0.05) is 21.8 Å². The molecule has 1 N–H and O–H groups in total. The standard InChI is InChI=1S/C22H24ClNO4S2/c1-16-10-12-18(13-11-16)30(27,28)24-19(9-5-6-14-23)22(26)20(15-21(24)25)29-17-7-3-2-4-8-17/h2-4,7-8,10-13,15,19,22,26H,5-6,9,14H2,1H3/t19-,22-/m1/s1. The number of sulfonamides is 1. The number of hydrogen-bond acceptors (Lipinski definition) is 5. The van der Waals surface area contributed by atoms with Crippen LogP contribution in [0.25, 0.3) is 0 Å². The zero-order valence-corrected chi connectivity index (χ0v) is 19.0. The van der Waals surface area contributed by atoms with Crippen molar-refractivity contribution in [2.45, 2.75) is 48.1 Å². The van der Waals surface area contributed by atoms with Gasteiger partial charge in [0.05, 0.1) is 10.9 Å². The van der Waals surface area contributed by atoms with Crippen LogP contribution in [-0.2, 0) is 14.8 Å². The van der Waals surface area contributed by atoms with Crippen LogP contribution in [0.15, 0.2) is 75.4 Å². The van der Waals surface area contributed by atoms with Crippen LogP contribution in [-0.4, -0.2) is 41.8 Å². The van der Waals surface area contributed by atoms with Gasteiger partial charge in [-0.15, -0.1) is 11.6 Å². The lowest BCUT2D eigenvalue weighted by molar-refractivity contribution is -0.125. The van der Waals surface area contributed by atoms with Gasteiger partial charge in [0.25, 0.3) is 15.9 Å². The van der Waals surface area contributed by atoms with Crippen LogP contribution in [0.3, 0.4) is 0 Å². The van der Waals surface area contributed by atoms with E-state index in [1.807, 2.05) is 37.3 Å². The minimum Gasteiger partial charge on any atom is -0.386 e. The number of halogens is 1. The first-order valence-electron chi connectivity index (χ1n) is 9.68. The maximum atomic E-state index is 13.3. The highest BCUT2D eigenvalue weighted by molar-refractivity contribution is 8.03. The third-order valence-electron chi connectivity index (χ3n) is 4.88. The number of hydrogen-bond donors (Lipinski definition) is 1. The molecule has 5 nitrogen and oxygen atoms in total. The van der Waals surface area contributed by atoms with Gasteiger partial charge in [-0.3, -0.25) is 4.79 Å². The van der Waals surface area contributed by atoms with Gasteiger partial charge in [0.1, 0.15) is 6.10 Å². The summed E-state index contributed by atoms with van der Waals surface area (Å²) in [4.78, 5) is 14.3. The van der Waals surface area contributed by atoms with Gasteiger partial charge < -0.3 is 5.11 Å². The van der Waals surface area contributed by atoms with E-state index in [1.54, 1.807) is 12.1 Å². The number of alkyl halides is 1. The zero-order valence-electron chi connectivity index (χ0n) is 16.6. The number of amides is 1. The fraction of sp³-hybridized carbons (Fsp3) is 0.318. The molecule has 2 atom stereocenters. The second-order valence-electron chi connectivity index (χ2n) is 7.11. The molecule has 1 amide bonds. The van der Waals surface area contributed by atoms with Crippen LogP contribution >= 0.6 is 23.4 Å². The highest BCUT2D eigenvalue weighted by atomic mass is 35.5. The summed E-state index contributed by atoms with van der Waals surface area (Å²) in [6.45, 7) is 1.86. The highest BCUT2D eigenvalue weighted by Crippen LogP contribution is 2.37. The third kappa shape index (κ3) is 5.09. The lowest BCUT2D eigenvalue weighted by Gasteiger charge is -2.37. The van der Waals surface area contributed by atoms with Gasteiger partial charge in [0.2, 0.25) is 0 Å². The largest absolute Gasteiger partial charge is 0.386 e. The van der Waals surface area contributed by atoms with Crippen molar-refractivity contribution in [2.75, 3.05) is 5.88 Å². The molecule has 160 valence electrons. The van der Waals surface area contributed by atoms with Crippen molar-refractivity contribution in [1.29, 1.82) is 0 Å².